The van der Waals surface area contributed by atoms with E-state index in [0.717, 1.165) is 16.3 Å². The monoisotopic (exact) mass is 237 g/mol. The van der Waals surface area contributed by atoms with Crippen molar-refractivity contribution >= 4 is 33.4 Å². The Morgan fingerprint density at radius 3 is 2.78 bits per heavy atom. The minimum Gasteiger partial charge on any atom is -0.382 e. The van der Waals surface area contributed by atoms with E-state index in [9.17, 15) is 4.79 Å². The summed E-state index contributed by atoms with van der Waals surface area (Å²) in [6, 6.07) is 9.33. The van der Waals surface area contributed by atoms with Crippen LogP contribution in [0.4, 0.5) is 5.82 Å². The third kappa shape index (κ3) is 1.43. The quantitative estimate of drug-likeness (QED) is 0.521. The van der Waals surface area contributed by atoms with Gasteiger partial charge in [-0.15, -0.1) is 0 Å². The van der Waals surface area contributed by atoms with Crippen LogP contribution >= 0.6 is 0 Å². The average molecular weight is 237 g/mol. The molecule has 0 bridgehead atoms. The fourth-order valence-electron chi connectivity index (χ4n) is 2.19. The van der Waals surface area contributed by atoms with Crippen molar-refractivity contribution in [2.75, 3.05) is 5.73 Å². The first-order chi connectivity index (χ1) is 8.68. The zero-order chi connectivity index (χ0) is 12.7. The van der Waals surface area contributed by atoms with Gasteiger partial charge >= 0.3 is 0 Å². The zero-order valence-corrected chi connectivity index (χ0v) is 9.84. The maximum atomic E-state index is 11.7. The molecule has 0 aliphatic carbocycles. The Labute approximate surface area is 103 Å². The molecule has 18 heavy (non-hydrogen) atoms. The lowest BCUT2D eigenvalue weighted by Crippen LogP contribution is -2.00. The van der Waals surface area contributed by atoms with Crippen molar-refractivity contribution in [3.63, 3.8) is 0 Å². The number of nitrogen functional groups attached to an aromatic ring is 1. The number of pyridine rings is 2. The number of aromatic nitrogens is 2. The van der Waals surface area contributed by atoms with E-state index < -0.39 is 0 Å². The number of hydrogen-bond donors (Lipinski definition) is 1. The fourth-order valence-corrected chi connectivity index (χ4v) is 2.19. The first kappa shape index (κ1) is 10.7. The van der Waals surface area contributed by atoms with Crippen LogP contribution in [-0.4, -0.2) is 15.8 Å². The molecule has 2 heterocycles. The lowest BCUT2D eigenvalue weighted by Gasteiger charge is -2.08. The average Bonchev–Trinajstić information content (AvgIpc) is 2.38. The molecule has 0 saturated heterocycles. The van der Waals surface area contributed by atoms with Gasteiger partial charge in [0, 0.05) is 22.5 Å². The van der Waals surface area contributed by atoms with Gasteiger partial charge in [0.15, 0.2) is 11.6 Å². The molecule has 3 aromatic rings. The molecule has 4 nitrogen and oxygen atoms in total. The van der Waals surface area contributed by atoms with Crippen molar-refractivity contribution in [2.24, 2.45) is 0 Å². The van der Waals surface area contributed by atoms with E-state index in [1.54, 1.807) is 19.2 Å². The van der Waals surface area contributed by atoms with Gasteiger partial charge in [-0.25, -0.2) is 4.98 Å². The number of carbonyl (C=O) groups excluding carboxylic acids is 1. The molecule has 4 heteroatoms. The van der Waals surface area contributed by atoms with Crippen LogP contribution < -0.4 is 5.73 Å². The third-order valence-electron chi connectivity index (χ3n) is 2.99. The zero-order valence-electron chi connectivity index (χ0n) is 9.84. The van der Waals surface area contributed by atoms with Crippen LogP contribution in [0.15, 0.2) is 36.5 Å². The van der Waals surface area contributed by atoms with E-state index in [0.29, 0.717) is 16.9 Å². The molecule has 0 spiro atoms. The van der Waals surface area contributed by atoms with Crippen LogP contribution in [-0.2, 0) is 0 Å². The van der Waals surface area contributed by atoms with Crippen molar-refractivity contribution in [2.45, 2.75) is 6.92 Å². The second-order valence-electron chi connectivity index (χ2n) is 4.15. The molecule has 0 unspecified atom stereocenters. The van der Waals surface area contributed by atoms with E-state index in [2.05, 4.69) is 9.97 Å². The lowest BCUT2D eigenvalue weighted by molar-refractivity contribution is 0.101. The highest BCUT2D eigenvalue weighted by Gasteiger charge is 2.13. The number of fused-ring (bicyclic) bond motifs is 3. The highest BCUT2D eigenvalue weighted by atomic mass is 16.1. The van der Waals surface area contributed by atoms with Gasteiger partial charge in [-0.2, -0.15) is 0 Å². The van der Waals surface area contributed by atoms with Gasteiger partial charge in [0.25, 0.3) is 0 Å². The summed E-state index contributed by atoms with van der Waals surface area (Å²) in [5.41, 5.74) is 7.90. The van der Waals surface area contributed by atoms with Gasteiger partial charge in [-0.05, 0) is 19.1 Å². The van der Waals surface area contributed by atoms with Crippen molar-refractivity contribution in [3.8, 4) is 0 Å². The Kier molecular flexibility index (Phi) is 2.23. The summed E-state index contributed by atoms with van der Waals surface area (Å²) in [5.74, 6) is 0.352. The first-order valence-corrected chi connectivity index (χ1v) is 5.62. The minimum absolute atomic E-state index is 0.00171. The van der Waals surface area contributed by atoms with Crippen LogP contribution in [0.1, 0.15) is 17.3 Å². The minimum atomic E-state index is -0.00171. The van der Waals surface area contributed by atoms with E-state index in [1.807, 2.05) is 24.3 Å². The predicted octanol–water partition coefficient (Wildman–Crippen LogP) is 2.57. The molecule has 0 fully saturated rings. The molecule has 0 aliphatic heterocycles. The van der Waals surface area contributed by atoms with Crippen LogP contribution in [0.2, 0.25) is 0 Å². The van der Waals surface area contributed by atoms with Crippen molar-refractivity contribution in [1.82, 2.24) is 9.97 Å². The summed E-state index contributed by atoms with van der Waals surface area (Å²) in [4.78, 5) is 20.3. The Balaban J connectivity index is 2.64. The van der Waals surface area contributed by atoms with Gasteiger partial charge in [-0.1, -0.05) is 18.2 Å². The van der Waals surface area contributed by atoms with Crippen LogP contribution in [0.25, 0.3) is 21.8 Å². The maximum Gasteiger partial charge on any atom is 0.160 e. The number of carbonyl (C=O) groups is 1. The summed E-state index contributed by atoms with van der Waals surface area (Å²) >= 11 is 0. The number of benzene rings is 1. The van der Waals surface area contributed by atoms with E-state index in [-0.39, 0.29) is 5.78 Å². The van der Waals surface area contributed by atoms with E-state index >= 15 is 0 Å². The number of Topliss-reactive ketones (excluding diaryl/α,β-unsaturated/α-hetero) is 1. The van der Waals surface area contributed by atoms with Gasteiger partial charge < -0.3 is 5.73 Å². The summed E-state index contributed by atoms with van der Waals surface area (Å²) < 4.78 is 0. The highest BCUT2D eigenvalue weighted by molar-refractivity contribution is 6.17. The van der Waals surface area contributed by atoms with Crippen molar-refractivity contribution in [3.05, 3.63) is 42.1 Å². The Morgan fingerprint density at radius 1 is 1.22 bits per heavy atom. The van der Waals surface area contributed by atoms with Crippen LogP contribution in [0.5, 0.6) is 0 Å². The molecular weight excluding hydrogens is 226 g/mol. The van der Waals surface area contributed by atoms with E-state index in [4.69, 9.17) is 5.73 Å². The molecular formula is C14H11N3O. The number of rotatable bonds is 1. The van der Waals surface area contributed by atoms with E-state index in [1.165, 1.54) is 0 Å². The topological polar surface area (TPSA) is 68.9 Å². The second kappa shape index (κ2) is 3.77. The number of hydrogen-bond acceptors (Lipinski definition) is 4. The summed E-state index contributed by atoms with van der Waals surface area (Å²) in [7, 11) is 0. The SMILES string of the molecule is CC(=O)c1ccnc2c(N)nc3ccccc3c12. The second-order valence-corrected chi connectivity index (χ2v) is 4.15. The molecule has 3 rings (SSSR count). The number of anilines is 1. The molecule has 2 aromatic heterocycles. The maximum absolute atomic E-state index is 11.7. The number of nitrogens with two attached hydrogens (primary N) is 1. The standard InChI is InChI=1S/C14H11N3O/c1-8(18)9-6-7-16-13-12(9)10-4-2-3-5-11(10)17-14(13)15/h2-7H,1H3,(H2,15,17). The summed E-state index contributed by atoms with van der Waals surface area (Å²) in [6.45, 7) is 1.54. The van der Waals surface area contributed by atoms with Gasteiger partial charge in [-0.3, -0.25) is 9.78 Å². The molecule has 0 saturated carbocycles. The van der Waals surface area contributed by atoms with Gasteiger partial charge in [0.2, 0.25) is 0 Å². The molecule has 88 valence electrons. The summed E-state index contributed by atoms with van der Waals surface area (Å²) in [5, 5.41) is 1.69. The normalized spacial score (nSPS) is 10.9. The Morgan fingerprint density at radius 2 is 2.00 bits per heavy atom. The first-order valence-electron chi connectivity index (χ1n) is 5.62. The largest absolute Gasteiger partial charge is 0.382 e. The summed E-state index contributed by atoms with van der Waals surface area (Å²) in [6.07, 6.45) is 1.59. The Hall–Kier alpha value is -2.49. The molecule has 1 aromatic carbocycles. The Bertz CT molecular complexity index is 780. The molecule has 0 amide bonds. The van der Waals surface area contributed by atoms with Gasteiger partial charge in [0.05, 0.1) is 5.52 Å². The molecule has 0 aliphatic rings. The smallest absolute Gasteiger partial charge is 0.160 e. The number of ketones is 1. The van der Waals surface area contributed by atoms with Crippen LogP contribution in [0.3, 0.4) is 0 Å². The fraction of sp³-hybridized carbons (Fsp3) is 0.0714. The van der Waals surface area contributed by atoms with Gasteiger partial charge in [0.1, 0.15) is 5.52 Å². The molecule has 2 N–H and O–H groups in total. The van der Waals surface area contributed by atoms with Crippen LogP contribution in [0, 0.1) is 0 Å². The van der Waals surface area contributed by atoms with Crippen molar-refractivity contribution in [1.29, 1.82) is 0 Å². The molecule has 0 radical (unpaired) electrons. The molecule has 0 atom stereocenters. The third-order valence-corrected chi connectivity index (χ3v) is 2.99. The highest BCUT2D eigenvalue weighted by Crippen LogP contribution is 2.29. The lowest BCUT2D eigenvalue weighted by atomic mass is 10.0. The van der Waals surface area contributed by atoms with Crippen molar-refractivity contribution < 1.29 is 4.79 Å². The number of nitrogens with zero attached hydrogens (tertiary/aromatic N) is 2. The number of para-hydroxylation sites is 1. The predicted molar refractivity (Wildman–Crippen MR) is 71.5 cm³/mol.